The molecule has 30 heavy (non-hydrogen) atoms. The molecule has 0 aromatic heterocycles. The van der Waals surface area contributed by atoms with Gasteiger partial charge in [-0.2, -0.15) is 0 Å². The van der Waals surface area contributed by atoms with E-state index >= 15 is 0 Å². The molecule has 4 aliphatic rings. The number of rotatable bonds is 6. The third-order valence-electron chi connectivity index (χ3n) is 10.6. The molecule has 8 unspecified atom stereocenters. The highest BCUT2D eigenvalue weighted by atomic mass is 16.5. The predicted molar refractivity (Wildman–Crippen MR) is 125 cm³/mol. The fraction of sp³-hybridized carbons (Fsp3) is 0.929. The van der Waals surface area contributed by atoms with Crippen molar-refractivity contribution in [1.82, 2.24) is 0 Å². The van der Waals surface area contributed by atoms with Crippen molar-refractivity contribution in [1.29, 1.82) is 0 Å². The van der Waals surface area contributed by atoms with Crippen molar-refractivity contribution in [2.75, 3.05) is 7.11 Å². The Kier molecular flexibility index (Phi) is 6.26. The van der Waals surface area contributed by atoms with Crippen molar-refractivity contribution in [3.05, 3.63) is 11.6 Å². The Hall–Kier alpha value is -0.340. The summed E-state index contributed by atoms with van der Waals surface area (Å²) in [6, 6.07) is 0. The molecule has 0 amide bonds. The second kappa shape index (κ2) is 8.22. The molecule has 0 aromatic carbocycles. The molecule has 2 heteroatoms. The number of hydrogen-bond acceptors (Lipinski definition) is 2. The Labute approximate surface area is 186 Å². The second-order valence-electron chi connectivity index (χ2n) is 12.8. The Morgan fingerprint density at radius 2 is 1.90 bits per heavy atom. The maximum absolute atomic E-state index is 10.1. The Morgan fingerprint density at radius 3 is 2.60 bits per heavy atom. The first-order chi connectivity index (χ1) is 14.1. The van der Waals surface area contributed by atoms with Gasteiger partial charge in [-0.25, -0.2) is 0 Å². The second-order valence-corrected chi connectivity index (χ2v) is 12.8. The van der Waals surface area contributed by atoms with Crippen LogP contribution in [-0.4, -0.2) is 23.9 Å². The Bertz CT molecular complexity index is 646. The average Bonchev–Trinajstić information content (AvgIpc) is 3.03. The van der Waals surface area contributed by atoms with E-state index in [9.17, 15) is 5.11 Å². The molecule has 172 valence electrons. The highest BCUT2D eigenvalue weighted by molar-refractivity contribution is 5.25. The topological polar surface area (TPSA) is 29.5 Å². The summed E-state index contributed by atoms with van der Waals surface area (Å²) in [4.78, 5) is 0. The molecule has 8 atom stereocenters. The summed E-state index contributed by atoms with van der Waals surface area (Å²) < 4.78 is 5.74. The van der Waals surface area contributed by atoms with Crippen LogP contribution in [0.4, 0.5) is 0 Å². The lowest BCUT2D eigenvalue weighted by Crippen LogP contribution is -2.50. The van der Waals surface area contributed by atoms with Gasteiger partial charge in [-0.3, -0.25) is 0 Å². The standard InChI is InChI=1S/C28H48O2/c1-19(8-7-15-26(2,3)29)23-11-12-24-22-10-9-20-18-21(30-6)13-16-27(20,4)25(22)14-17-28(23,24)5/h9,19,21-25,29H,7-8,10-18H2,1-6H3. The maximum Gasteiger partial charge on any atom is 0.0608 e. The number of fused-ring (bicyclic) bond motifs is 5. The van der Waals surface area contributed by atoms with E-state index < -0.39 is 5.60 Å². The van der Waals surface area contributed by atoms with E-state index in [1.807, 2.05) is 21.0 Å². The maximum atomic E-state index is 10.1. The molecule has 4 rings (SSSR count). The lowest BCUT2D eigenvalue weighted by atomic mass is 9.47. The van der Waals surface area contributed by atoms with Gasteiger partial charge in [0.25, 0.3) is 0 Å². The summed E-state index contributed by atoms with van der Waals surface area (Å²) in [5.74, 6) is 4.41. The van der Waals surface area contributed by atoms with Gasteiger partial charge in [0.05, 0.1) is 11.7 Å². The fourth-order valence-corrected chi connectivity index (χ4v) is 8.86. The van der Waals surface area contributed by atoms with Crippen molar-refractivity contribution in [2.45, 2.75) is 117 Å². The lowest BCUT2D eigenvalue weighted by Gasteiger charge is -2.58. The van der Waals surface area contributed by atoms with Crippen LogP contribution in [0.5, 0.6) is 0 Å². The zero-order valence-electron chi connectivity index (χ0n) is 20.7. The first-order valence-corrected chi connectivity index (χ1v) is 13.0. The van der Waals surface area contributed by atoms with Crippen molar-refractivity contribution in [3.63, 3.8) is 0 Å². The summed E-state index contributed by atoms with van der Waals surface area (Å²) in [5, 5.41) is 10.1. The van der Waals surface area contributed by atoms with E-state index in [0.717, 1.165) is 36.0 Å². The number of allylic oxidation sites excluding steroid dienone is 1. The molecule has 0 heterocycles. The molecule has 3 saturated carbocycles. The minimum Gasteiger partial charge on any atom is -0.390 e. The molecule has 3 fully saturated rings. The van der Waals surface area contributed by atoms with Gasteiger partial charge in [0.1, 0.15) is 0 Å². The minimum atomic E-state index is -0.511. The summed E-state index contributed by atoms with van der Waals surface area (Å²) in [5.41, 5.74) is 2.21. The van der Waals surface area contributed by atoms with Crippen LogP contribution in [0, 0.1) is 40.4 Å². The first-order valence-electron chi connectivity index (χ1n) is 13.0. The highest BCUT2D eigenvalue weighted by Crippen LogP contribution is 2.67. The molecule has 0 radical (unpaired) electrons. The van der Waals surface area contributed by atoms with Crippen molar-refractivity contribution in [3.8, 4) is 0 Å². The van der Waals surface area contributed by atoms with Gasteiger partial charge in [0.15, 0.2) is 0 Å². The van der Waals surface area contributed by atoms with Gasteiger partial charge in [-0.05, 0) is 112 Å². The van der Waals surface area contributed by atoms with Crippen molar-refractivity contribution >= 4 is 0 Å². The van der Waals surface area contributed by atoms with Gasteiger partial charge in [0.2, 0.25) is 0 Å². The minimum absolute atomic E-state index is 0.440. The van der Waals surface area contributed by atoms with Crippen LogP contribution in [0.1, 0.15) is 105 Å². The highest BCUT2D eigenvalue weighted by Gasteiger charge is 2.59. The summed E-state index contributed by atoms with van der Waals surface area (Å²) >= 11 is 0. The lowest BCUT2D eigenvalue weighted by molar-refractivity contribution is -0.0603. The summed E-state index contributed by atoms with van der Waals surface area (Å²) in [6.45, 7) is 11.7. The van der Waals surface area contributed by atoms with E-state index in [1.165, 1.54) is 64.2 Å². The SMILES string of the molecule is COC1CCC2(C)C(=CCC3C2CCC2(C)C(C(C)CCCC(C)(C)O)CCC32)C1. The van der Waals surface area contributed by atoms with Crippen LogP contribution in [-0.2, 0) is 4.74 Å². The molecular weight excluding hydrogens is 368 g/mol. The summed E-state index contributed by atoms with van der Waals surface area (Å²) in [6.07, 6.45) is 17.4. The van der Waals surface area contributed by atoms with Crippen LogP contribution in [0.2, 0.25) is 0 Å². The third kappa shape index (κ3) is 3.94. The van der Waals surface area contributed by atoms with Gasteiger partial charge in [-0.15, -0.1) is 0 Å². The Balaban J connectivity index is 1.47. The van der Waals surface area contributed by atoms with E-state index in [2.05, 4.69) is 26.8 Å². The number of aliphatic hydroxyl groups is 1. The first kappa shape index (κ1) is 22.8. The smallest absolute Gasteiger partial charge is 0.0608 e. The normalized spacial score (nSPS) is 44.6. The molecule has 1 N–H and O–H groups in total. The molecule has 2 nitrogen and oxygen atoms in total. The monoisotopic (exact) mass is 416 g/mol. The third-order valence-corrected chi connectivity index (χ3v) is 10.6. The molecule has 0 bridgehead atoms. The molecular formula is C28H48O2. The number of ether oxygens (including phenoxy) is 1. The zero-order chi connectivity index (χ0) is 21.7. The largest absolute Gasteiger partial charge is 0.390 e. The summed E-state index contributed by atoms with van der Waals surface area (Å²) in [7, 11) is 1.90. The van der Waals surface area contributed by atoms with Gasteiger partial charge in [-0.1, -0.05) is 45.3 Å². The fourth-order valence-electron chi connectivity index (χ4n) is 8.86. The zero-order valence-corrected chi connectivity index (χ0v) is 20.7. The van der Waals surface area contributed by atoms with Crippen LogP contribution >= 0.6 is 0 Å². The molecule has 0 spiro atoms. The van der Waals surface area contributed by atoms with Crippen molar-refractivity contribution < 1.29 is 9.84 Å². The van der Waals surface area contributed by atoms with Crippen LogP contribution in [0.15, 0.2) is 11.6 Å². The van der Waals surface area contributed by atoms with E-state index in [0.29, 0.717) is 16.9 Å². The Morgan fingerprint density at radius 1 is 1.13 bits per heavy atom. The van der Waals surface area contributed by atoms with E-state index in [1.54, 1.807) is 5.57 Å². The van der Waals surface area contributed by atoms with Crippen LogP contribution < -0.4 is 0 Å². The van der Waals surface area contributed by atoms with Gasteiger partial charge < -0.3 is 9.84 Å². The average molecular weight is 417 g/mol. The van der Waals surface area contributed by atoms with Crippen molar-refractivity contribution in [2.24, 2.45) is 40.4 Å². The van der Waals surface area contributed by atoms with Crippen LogP contribution in [0.3, 0.4) is 0 Å². The van der Waals surface area contributed by atoms with Gasteiger partial charge in [0, 0.05) is 7.11 Å². The quantitative estimate of drug-likeness (QED) is 0.466. The van der Waals surface area contributed by atoms with Crippen LogP contribution in [0.25, 0.3) is 0 Å². The number of hydrogen-bond donors (Lipinski definition) is 1. The van der Waals surface area contributed by atoms with E-state index in [-0.39, 0.29) is 0 Å². The molecule has 4 aliphatic carbocycles. The van der Waals surface area contributed by atoms with E-state index in [4.69, 9.17) is 4.74 Å². The predicted octanol–water partition coefficient (Wildman–Crippen LogP) is 7.16. The molecule has 0 aliphatic heterocycles. The number of methoxy groups -OCH3 is 1. The molecule has 0 aromatic rings. The molecule has 0 saturated heterocycles. The van der Waals surface area contributed by atoms with Gasteiger partial charge >= 0.3 is 0 Å².